The van der Waals surface area contributed by atoms with Crippen molar-refractivity contribution in [3.8, 4) is 11.5 Å². The summed E-state index contributed by atoms with van der Waals surface area (Å²) in [6.45, 7) is 10.2. The minimum Gasteiger partial charge on any atom is -0.490 e. The number of carbonyl (C=O) groups excluding carboxylic acids is 4. The first-order valence-corrected chi connectivity index (χ1v) is 14.8. The number of rotatable bonds is 23. The molecule has 0 saturated carbocycles. The van der Waals surface area contributed by atoms with Crippen LogP contribution < -0.4 is 25.8 Å². The second-order valence-corrected chi connectivity index (χ2v) is 10.4. The van der Waals surface area contributed by atoms with Crippen LogP contribution in [-0.2, 0) is 36.8 Å². The van der Waals surface area contributed by atoms with Crippen molar-refractivity contribution in [2.75, 3.05) is 26.4 Å². The number of benzene rings is 2. The molecule has 238 valence electrons. The molecule has 0 unspecified atom stereocenters. The summed E-state index contributed by atoms with van der Waals surface area (Å²) >= 11 is 0. The number of unbranched alkanes of at least 4 members (excludes halogenated alkanes) is 1. The standard InChI is InChI=1S/C34H45N3O7/c1-4-18-43-30-13-9-26(10-14-30)20-29(23-42-24-38)37-34(41)28(8-6-7-17-35)22-33(40)32(36-25(3)39)21-27-11-15-31(16-12-27)44-19-5-2/h4-5,9-16,24,28-29,32H,1-2,6-8,17-23,35H2,3H3,(H,36,39)(H,37,41)/t28-,29-,32-/m0/s1. The van der Waals surface area contributed by atoms with Crippen molar-refractivity contribution >= 4 is 24.1 Å². The zero-order valence-electron chi connectivity index (χ0n) is 25.5. The molecular formula is C34H45N3O7. The zero-order chi connectivity index (χ0) is 32.2. The zero-order valence-corrected chi connectivity index (χ0v) is 25.5. The maximum absolute atomic E-state index is 13.6. The number of nitrogens with one attached hydrogen (secondary N) is 2. The highest BCUT2D eigenvalue weighted by Gasteiger charge is 2.28. The van der Waals surface area contributed by atoms with Gasteiger partial charge in [-0.3, -0.25) is 19.2 Å². The van der Waals surface area contributed by atoms with Crippen molar-refractivity contribution in [3.05, 3.63) is 85.0 Å². The van der Waals surface area contributed by atoms with Gasteiger partial charge in [0.05, 0.1) is 12.1 Å². The lowest BCUT2D eigenvalue weighted by molar-refractivity contribution is -0.134. The molecule has 2 aromatic carbocycles. The normalized spacial score (nSPS) is 12.6. The summed E-state index contributed by atoms with van der Waals surface area (Å²) in [5.41, 5.74) is 7.42. The highest BCUT2D eigenvalue weighted by Crippen LogP contribution is 2.19. The van der Waals surface area contributed by atoms with Gasteiger partial charge in [0.15, 0.2) is 5.78 Å². The SMILES string of the molecule is C=CCOc1ccc(C[C@@H](COC=O)NC(=O)[C@@H](CCCCN)CC(=O)[C@H](Cc2ccc(OCC=C)cc2)NC(C)=O)cc1. The second-order valence-electron chi connectivity index (χ2n) is 10.4. The monoisotopic (exact) mass is 607 g/mol. The highest BCUT2D eigenvalue weighted by molar-refractivity contribution is 5.92. The lowest BCUT2D eigenvalue weighted by Gasteiger charge is -2.24. The Labute approximate surface area is 260 Å². The molecule has 10 heteroatoms. The van der Waals surface area contributed by atoms with E-state index in [1.807, 2.05) is 36.4 Å². The van der Waals surface area contributed by atoms with Crippen LogP contribution in [0.1, 0.15) is 43.7 Å². The number of amides is 2. The van der Waals surface area contributed by atoms with Gasteiger partial charge in [0.25, 0.3) is 6.47 Å². The van der Waals surface area contributed by atoms with E-state index < -0.39 is 18.0 Å². The van der Waals surface area contributed by atoms with Gasteiger partial charge in [0, 0.05) is 19.3 Å². The van der Waals surface area contributed by atoms with Crippen LogP contribution in [0.15, 0.2) is 73.8 Å². The van der Waals surface area contributed by atoms with Crippen LogP contribution in [0.3, 0.4) is 0 Å². The molecule has 2 rings (SSSR count). The Hall–Kier alpha value is -4.44. The second kappa shape index (κ2) is 20.5. The van der Waals surface area contributed by atoms with Gasteiger partial charge in [-0.1, -0.05) is 56.0 Å². The lowest BCUT2D eigenvalue weighted by atomic mass is 9.90. The predicted molar refractivity (Wildman–Crippen MR) is 169 cm³/mol. The quantitative estimate of drug-likeness (QED) is 0.0989. The van der Waals surface area contributed by atoms with Crippen molar-refractivity contribution in [1.29, 1.82) is 0 Å². The van der Waals surface area contributed by atoms with Gasteiger partial charge in [-0.2, -0.15) is 0 Å². The number of carbonyl (C=O) groups is 4. The first-order chi connectivity index (χ1) is 21.3. The number of hydrogen-bond acceptors (Lipinski definition) is 8. The third-order valence-corrected chi connectivity index (χ3v) is 6.81. The summed E-state index contributed by atoms with van der Waals surface area (Å²) in [7, 11) is 0. The van der Waals surface area contributed by atoms with Gasteiger partial charge < -0.3 is 30.6 Å². The number of hydrogen-bond donors (Lipinski definition) is 3. The Bertz CT molecular complexity index is 1200. The van der Waals surface area contributed by atoms with Crippen LogP contribution in [0.5, 0.6) is 11.5 Å². The Morgan fingerprint density at radius 3 is 1.93 bits per heavy atom. The fourth-order valence-corrected chi connectivity index (χ4v) is 4.64. The van der Waals surface area contributed by atoms with Gasteiger partial charge in [0.1, 0.15) is 31.3 Å². The summed E-state index contributed by atoms with van der Waals surface area (Å²) in [5, 5.41) is 5.72. The van der Waals surface area contributed by atoms with Crippen LogP contribution in [0.4, 0.5) is 0 Å². The molecule has 0 fully saturated rings. The van der Waals surface area contributed by atoms with Crippen molar-refractivity contribution < 1.29 is 33.4 Å². The van der Waals surface area contributed by atoms with E-state index in [0.29, 0.717) is 63.4 Å². The highest BCUT2D eigenvalue weighted by atomic mass is 16.5. The summed E-state index contributed by atoms with van der Waals surface area (Å²) in [4.78, 5) is 50.1. The van der Waals surface area contributed by atoms with Gasteiger partial charge in [0.2, 0.25) is 11.8 Å². The molecule has 0 aliphatic heterocycles. The van der Waals surface area contributed by atoms with Crippen LogP contribution >= 0.6 is 0 Å². The fraction of sp³-hybridized carbons (Fsp3) is 0.412. The van der Waals surface area contributed by atoms with E-state index in [2.05, 4.69) is 23.8 Å². The maximum Gasteiger partial charge on any atom is 0.293 e. The molecule has 0 aromatic heterocycles. The molecule has 10 nitrogen and oxygen atoms in total. The number of Topliss-reactive ketones (excluding diaryl/α,β-unsaturated/α-hetero) is 1. The Morgan fingerprint density at radius 1 is 0.864 bits per heavy atom. The van der Waals surface area contributed by atoms with E-state index >= 15 is 0 Å². The van der Waals surface area contributed by atoms with Crippen LogP contribution in [0, 0.1) is 5.92 Å². The van der Waals surface area contributed by atoms with E-state index in [9.17, 15) is 19.2 Å². The van der Waals surface area contributed by atoms with Gasteiger partial charge >= 0.3 is 0 Å². The average Bonchev–Trinajstić information content (AvgIpc) is 3.01. The molecule has 44 heavy (non-hydrogen) atoms. The predicted octanol–water partition coefficient (Wildman–Crippen LogP) is 3.47. The topological polar surface area (TPSA) is 146 Å². The molecule has 0 aliphatic carbocycles. The molecule has 0 spiro atoms. The van der Waals surface area contributed by atoms with E-state index in [0.717, 1.165) is 11.1 Å². The third-order valence-electron chi connectivity index (χ3n) is 6.81. The minimum atomic E-state index is -0.812. The lowest BCUT2D eigenvalue weighted by Crippen LogP contribution is -2.46. The molecule has 2 amide bonds. The Kier molecular flexibility index (Phi) is 16.6. The van der Waals surface area contributed by atoms with E-state index in [1.54, 1.807) is 24.3 Å². The fourth-order valence-electron chi connectivity index (χ4n) is 4.64. The van der Waals surface area contributed by atoms with Crippen molar-refractivity contribution in [1.82, 2.24) is 10.6 Å². The first kappa shape index (κ1) is 35.8. The van der Waals surface area contributed by atoms with Gasteiger partial charge in [-0.05, 0) is 67.6 Å². The molecule has 4 N–H and O–H groups in total. The molecule has 3 atom stereocenters. The largest absolute Gasteiger partial charge is 0.490 e. The van der Waals surface area contributed by atoms with Gasteiger partial charge in [-0.15, -0.1) is 0 Å². The Morgan fingerprint density at radius 2 is 1.43 bits per heavy atom. The van der Waals surface area contributed by atoms with Crippen molar-refractivity contribution in [2.45, 2.75) is 57.5 Å². The summed E-state index contributed by atoms with van der Waals surface area (Å²) < 4.78 is 16.1. The Balaban J connectivity index is 2.16. The molecule has 0 aliphatic rings. The van der Waals surface area contributed by atoms with Gasteiger partial charge in [-0.25, -0.2) is 0 Å². The minimum absolute atomic E-state index is 0.0333. The summed E-state index contributed by atoms with van der Waals surface area (Å²) in [6, 6.07) is 13.3. The first-order valence-electron chi connectivity index (χ1n) is 14.8. The van der Waals surface area contributed by atoms with Crippen LogP contribution in [-0.4, -0.2) is 62.5 Å². The van der Waals surface area contributed by atoms with Crippen molar-refractivity contribution in [2.24, 2.45) is 11.7 Å². The number of ether oxygens (including phenoxy) is 3. The maximum atomic E-state index is 13.6. The van der Waals surface area contributed by atoms with Crippen LogP contribution in [0.25, 0.3) is 0 Å². The average molecular weight is 608 g/mol. The molecule has 2 aromatic rings. The van der Waals surface area contributed by atoms with E-state index in [-0.39, 0.29) is 37.0 Å². The third kappa shape index (κ3) is 13.7. The smallest absolute Gasteiger partial charge is 0.293 e. The number of ketones is 1. The molecule has 0 radical (unpaired) electrons. The van der Waals surface area contributed by atoms with E-state index in [1.165, 1.54) is 6.92 Å². The molecule has 0 saturated heterocycles. The van der Waals surface area contributed by atoms with Crippen LogP contribution in [0.2, 0.25) is 0 Å². The summed E-state index contributed by atoms with van der Waals surface area (Å²) in [6.07, 6.45) is 5.68. The summed E-state index contributed by atoms with van der Waals surface area (Å²) in [5.74, 6) is -0.235. The van der Waals surface area contributed by atoms with E-state index in [4.69, 9.17) is 19.9 Å². The number of nitrogens with two attached hydrogens (primary N) is 1. The molecule has 0 heterocycles. The molecule has 0 bridgehead atoms. The molecular weight excluding hydrogens is 562 g/mol. The van der Waals surface area contributed by atoms with Crippen molar-refractivity contribution in [3.63, 3.8) is 0 Å².